The molecule has 0 fully saturated rings. The van der Waals surface area contributed by atoms with E-state index >= 15 is 0 Å². The lowest BCUT2D eigenvalue weighted by Crippen LogP contribution is -2.44. The Bertz CT molecular complexity index is 878. The Balaban J connectivity index is 1.59. The molecule has 0 spiro atoms. The minimum absolute atomic E-state index is 0.240. The maximum absolute atomic E-state index is 12.3. The van der Waals surface area contributed by atoms with Gasteiger partial charge in [0.15, 0.2) is 11.7 Å². The number of ether oxygens (including phenoxy) is 1. The lowest BCUT2D eigenvalue weighted by Gasteiger charge is -2.20. The molecule has 0 saturated carbocycles. The van der Waals surface area contributed by atoms with Crippen LogP contribution in [0.4, 0.5) is 5.13 Å². The molecular weight excluding hydrogens is 426 g/mol. The summed E-state index contributed by atoms with van der Waals surface area (Å²) in [6.07, 6.45) is 1.52. The molecule has 0 saturated heterocycles. The number of nitrogens with zero attached hydrogens (tertiary/aromatic N) is 2. The van der Waals surface area contributed by atoms with Gasteiger partial charge in [-0.1, -0.05) is 23.5 Å². The van der Waals surface area contributed by atoms with Gasteiger partial charge in [-0.05, 0) is 35.0 Å². The fourth-order valence-electron chi connectivity index (χ4n) is 2.39. The monoisotopic (exact) mass is 437 g/mol. The maximum Gasteiger partial charge on any atom is 0.329 e. The van der Waals surface area contributed by atoms with Crippen LogP contribution < -0.4 is 5.32 Å². The molecule has 1 aliphatic heterocycles. The number of amides is 3. The van der Waals surface area contributed by atoms with Crippen molar-refractivity contribution in [2.45, 2.75) is 13.0 Å². The highest BCUT2D eigenvalue weighted by Crippen LogP contribution is 2.25. The summed E-state index contributed by atoms with van der Waals surface area (Å²) in [4.78, 5) is 53.4. The molecule has 26 heavy (non-hydrogen) atoms. The van der Waals surface area contributed by atoms with Gasteiger partial charge < -0.3 is 4.74 Å². The zero-order valence-electron chi connectivity index (χ0n) is 13.4. The number of hydrogen-bond acceptors (Lipinski definition) is 7. The summed E-state index contributed by atoms with van der Waals surface area (Å²) in [5, 5.41) is 2.83. The lowest BCUT2D eigenvalue weighted by molar-refractivity contribution is -0.150. The summed E-state index contributed by atoms with van der Waals surface area (Å²) >= 11 is 4.42. The van der Waals surface area contributed by atoms with Crippen LogP contribution in [-0.4, -0.2) is 46.2 Å². The minimum Gasteiger partial charge on any atom is -0.454 e. The molecule has 1 N–H and O–H groups in total. The second-order valence-corrected chi connectivity index (χ2v) is 7.74. The van der Waals surface area contributed by atoms with Gasteiger partial charge in [0.1, 0.15) is 6.04 Å². The van der Waals surface area contributed by atoms with Crippen LogP contribution in [0, 0.1) is 0 Å². The van der Waals surface area contributed by atoms with Crippen LogP contribution in [0.1, 0.15) is 27.6 Å². The molecule has 1 aliphatic rings. The highest BCUT2D eigenvalue weighted by Gasteiger charge is 2.41. The number of hydrogen-bond donors (Lipinski definition) is 1. The summed E-state index contributed by atoms with van der Waals surface area (Å²) < 4.78 is 5.66. The van der Waals surface area contributed by atoms with E-state index in [0.29, 0.717) is 5.13 Å². The predicted molar refractivity (Wildman–Crippen MR) is 95.8 cm³/mol. The minimum atomic E-state index is -1.15. The first kappa shape index (κ1) is 18.2. The second-order valence-electron chi connectivity index (χ2n) is 5.33. The molecule has 0 bridgehead atoms. The molecule has 8 nitrogen and oxygen atoms in total. The van der Waals surface area contributed by atoms with Gasteiger partial charge in [-0.25, -0.2) is 9.78 Å². The number of anilines is 1. The number of imide groups is 1. The van der Waals surface area contributed by atoms with Crippen molar-refractivity contribution in [3.8, 4) is 0 Å². The van der Waals surface area contributed by atoms with Gasteiger partial charge in [0.05, 0.1) is 21.1 Å². The maximum atomic E-state index is 12.3. The number of fused-ring (bicyclic) bond motifs is 1. The van der Waals surface area contributed by atoms with E-state index in [1.165, 1.54) is 36.6 Å². The Hall–Kier alpha value is -2.59. The first-order valence-corrected chi connectivity index (χ1v) is 9.04. The third-order valence-corrected chi connectivity index (χ3v) is 5.01. The van der Waals surface area contributed by atoms with E-state index < -0.39 is 36.3 Å². The molecule has 1 aromatic heterocycles. The quantitative estimate of drug-likeness (QED) is 0.566. The third-order valence-electron chi connectivity index (χ3n) is 3.62. The summed E-state index contributed by atoms with van der Waals surface area (Å²) in [6.45, 7) is 0.823. The smallest absolute Gasteiger partial charge is 0.329 e. The van der Waals surface area contributed by atoms with Gasteiger partial charge in [0, 0.05) is 0 Å². The van der Waals surface area contributed by atoms with E-state index in [9.17, 15) is 19.2 Å². The summed E-state index contributed by atoms with van der Waals surface area (Å²) in [7, 11) is 0. The van der Waals surface area contributed by atoms with E-state index in [1.807, 2.05) is 0 Å². The molecule has 0 aliphatic carbocycles. The van der Waals surface area contributed by atoms with Gasteiger partial charge in [-0.2, -0.15) is 0 Å². The van der Waals surface area contributed by atoms with Crippen molar-refractivity contribution in [2.75, 3.05) is 11.9 Å². The normalized spacial score (nSPS) is 14.2. The van der Waals surface area contributed by atoms with Crippen LogP contribution in [0.2, 0.25) is 0 Å². The number of esters is 1. The molecule has 1 unspecified atom stereocenters. The van der Waals surface area contributed by atoms with Gasteiger partial charge in [0.2, 0.25) is 0 Å². The molecule has 134 valence electrons. The van der Waals surface area contributed by atoms with Gasteiger partial charge >= 0.3 is 5.97 Å². The zero-order valence-corrected chi connectivity index (χ0v) is 15.8. The molecule has 3 amide bonds. The third kappa shape index (κ3) is 3.51. The Kier molecular flexibility index (Phi) is 5.14. The Morgan fingerprint density at radius 2 is 1.88 bits per heavy atom. The van der Waals surface area contributed by atoms with E-state index in [-0.39, 0.29) is 11.1 Å². The van der Waals surface area contributed by atoms with Crippen LogP contribution in [0.3, 0.4) is 0 Å². The van der Waals surface area contributed by atoms with E-state index in [0.717, 1.165) is 8.69 Å². The van der Waals surface area contributed by atoms with E-state index in [1.54, 1.807) is 12.1 Å². The van der Waals surface area contributed by atoms with Gasteiger partial charge in [-0.15, -0.1) is 0 Å². The first-order valence-electron chi connectivity index (χ1n) is 7.43. The van der Waals surface area contributed by atoms with Crippen LogP contribution in [0.25, 0.3) is 0 Å². The van der Waals surface area contributed by atoms with Crippen molar-refractivity contribution in [3.05, 3.63) is 45.4 Å². The standard InChI is InChI=1S/C16H12BrN3O5S/c1-8(20-13(22)9-4-2-3-5-10(9)14(20)23)15(24)25-7-12(21)19-16-18-6-11(17)26-16/h2-6,8H,7H2,1H3,(H,18,19,21). The van der Waals surface area contributed by atoms with Crippen molar-refractivity contribution in [3.63, 3.8) is 0 Å². The Morgan fingerprint density at radius 1 is 1.27 bits per heavy atom. The zero-order chi connectivity index (χ0) is 18.8. The molecule has 1 atom stereocenters. The summed E-state index contributed by atoms with van der Waals surface area (Å²) in [5.41, 5.74) is 0.480. The predicted octanol–water partition coefficient (Wildman–Crippen LogP) is 2.07. The average Bonchev–Trinajstić information content (AvgIpc) is 3.14. The lowest BCUT2D eigenvalue weighted by atomic mass is 10.1. The van der Waals surface area contributed by atoms with Crippen LogP contribution in [-0.2, 0) is 14.3 Å². The fraction of sp³-hybridized carbons (Fsp3) is 0.188. The van der Waals surface area contributed by atoms with Crippen molar-refractivity contribution in [1.29, 1.82) is 0 Å². The molecule has 2 heterocycles. The Labute approximate surface area is 160 Å². The van der Waals surface area contributed by atoms with E-state index in [4.69, 9.17) is 4.74 Å². The molecule has 10 heteroatoms. The number of halogens is 1. The number of carbonyl (C=O) groups is 4. The molecule has 0 radical (unpaired) electrons. The molecular formula is C16H12BrN3O5S. The topological polar surface area (TPSA) is 106 Å². The highest BCUT2D eigenvalue weighted by molar-refractivity contribution is 9.11. The number of rotatable bonds is 5. The molecule has 2 aromatic rings. The largest absolute Gasteiger partial charge is 0.454 e. The number of thiazole rings is 1. The van der Waals surface area contributed by atoms with Gasteiger partial charge in [-0.3, -0.25) is 24.6 Å². The van der Waals surface area contributed by atoms with E-state index in [2.05, 4.69) is 26.2 Å². The van der Waals surface area contributed by atoms with Gasteiger partial charge in [0.25, 0.3) is 17.7 Å². The average molecular weight is 438 g/mol. The van der Waals surface area contributed by atoms with Crippen LogP contribution in [0.5, 0.6) is 0 Å². The second kappa shape index (κ2) is 7.34. The number of carbonyl (C=O) groups excluding carboxylic acids is 4. The SMILES string of the molecule is CC(C(=O)OCC(=O)Nc1ncc(Br)s1)N1C(=O)c2ccccc2C1=O. The Morgan fingerprint density at radius 3 is 2.42 bits per heavy atom. The van der Waals surface area contributed by atoms with Crippen LogP contribution >= 0.6 is 27.3 Å². The molecule has 1 aromatic carbocycles. The first-order chi connectivity index (χ1) is 12.4. The van der Waals surface area contributed by atoms with Crippen molar-refractivity contribution >= 4 is 56.1 Å². The highest BCUT2D eigenvalue weighted by atomic mass is 79.9. The summed E-state index contributed by atoms with van der Waals surface area (Å²) in [6, 6.07) is 5.17. The number of aromatic nitrogens is 1. The molecule has 3 rings (SSSR count). The fourth-order valence-corrected chi connectivity index (χ4v) is 3.51. The van der Waals surface area contributed by atoms with Crippen molar-refractivity contribution in [1.82, 2.24) is 9.88 Å². The van der Waals surface area contributed by atoms with Crippen molar-refractivity contribution in [2.24, 2.45) is 0 Å². The summed E-state index contributed by atoms with van der Waals surface area (Å²) in [5.74, 6) is -2.55. The number of nitrogens with one attached hydrogen (secondary N) is 1. The van der Waals surface area contributed by atoms with Crippen LogP contribution in [0.15, 0.2) is 34.2 Å². The van der Waals surface area contributed by atoms with Crippen molar-refractivity contribution < 1.29 is 23.9 Å². The number of benzene rings is 1.